The molecule has 2 aromatic heterocycles. The lowest BCUT2D eigenvalue weighted by atomic mass is 10.1. The van der Waals surface area contributed by atoms with Crippen LogP contribution in [0.1, 0.15) is 24.9 Å². The molecule has 9 heteroatoms. The van der Waals surface area contributed by atoms with Gasteiger partial charge in [0.1, 0.15) is 11.3 Å². The first-order valence-electron chi connectivity index (χ1n) is 9.32. The third-order valence-corrected chi connectivity index (χ3v) is 5.43. The normalized spacial score (nSPS) is 17.8. The van der Waals surface area contributed by atoms with Gasteiger partial charge in [-0.15, -0.1) is 0 Å². The number of nitrogens with one attached hydrogen (secondary N) is 3. The molecule has 0 aliphatic carbocycles. The van der Waals surface area contributed by atoms with Crippen LogP contribution >= 0.6 is 11.6 Å². The van der Waals surface area contributed by atoms with Gasteiger partial charge in [-0.2, -0.15) is 4.98 Å². The lowest BCUT2D eigenvalue weighted by molar-refractivity contribution is 0.403. The molecule has 0 unspecified atom stereocenters. The minimum atomic E-state index is -0.323. The van der Waals surface area contributed by atoms with Crippen LogP contribution in [0.2, 0.25) is 5.02 Å². The van der Waals surface area contributed by atoms with E-state index in [2.05, 4.69) is 25.6 Å². The number of benzene rings is 1. The summed E-state index contributed by atoms with van der Waals surface area (Å²) in [5, 5.41) is 7.21. The van der Waals surface area contributed by atoms with Crippen LogP contribution in [0.5, 0.6) is 5.75 Å². The second-order valence-corrected chi connectivity index (χ2v) is 7.47. The van der Waals surface area contributed by atoms with E-state index in [1.54, 1.807) is 30.0 Å². The van der Waals surface area contributed by atoms with Crippen LogP contribution in [-0.2, 0) is 0 Å². The summed E-state index contributed by atoms with van der Waals surface area (Å²) in [6.07, 6.45) is 2.77. The van der Waals surface area contributed by atoms with Gasteiger partial charge in [0.25, 0.3) is 0 Å². The van der Waals surface area contributed by atoms with Crippen molar-refractivity contribution in [2.24, 2.45) is 5.92 Å². The van der Waals surface area contributed by atoms with E-state index in [0.717, 1.165) is 31.6 Å². The van der Waals surface area contributed by atoms with Crippen molar-refractivity contribution in [3.05, 3.63) is 45.5 Å². The van der Waals surface area contributed by atoms with Crippen LogP contribution in [-0.4, -0.2) is 46.3 Å². The molecule has 3 N–H and O–H groups in total. The molecule has 1 saturated heterocycles. The van der Waals surface area contributed by atoms with E-state index >= 15 is 0 Å². The highest BCUT2D eigenvalue weighted by molar-refractivity contribution is 6.30. The maximum absolute atomic E-state index is 12.7. The van der Waals surface area contributed by atoms with E-state index in [9.17, 15) is 4.79 Å². The molecule has 0 saturated carbocycles. The summed E-state index contributed by atoms with van der Waals surface area (Å²) < 4.78 is 7.06. The van der Waals surface area contributed by atoms with Crippen molar-refractivity contribution in [3.63, 3.8) is 0 Å². The Morgan fingerprint density at radius 1 is 1.46 bits per heavy atom. The van der Waals surface area contributed by atoms with Crippen molar-refractivity contribution in [3.8, 4) is 5.75 Å². The number of rotatable bonds is 6. The van der Waals surface area contributed by atoms with Crippen molar-refractivity contribution in [2.45, 2.75) is 19.4 Å². The smallest absolute Gasteiger partial charge is 0.328 e. The van der Waals surface area contributed by atoms with Gasteiger partial charge < -0.3 is 20.4 Å². The number of anilines is 1. The first kappa shape index (κ1) is 18.8. The van der Waals surface area contributed by atoms with Crippen molar-refractivity contribution in [2.75, 3.05) is 32.1 Å². The molecule has 1 aromatic carbocycles. The number of imidazole rings is 1. The van der Waals surface area contributed by atoms with Crippen LogP contribution in [0, 0.1) is 5.92 Å². The number of nitrogens with zero attached hydrogens (tertiary/aromatic N) is 3. The van der Waals surface area contributed by atoms with Crippen molar-refractivity contribution in [1.82, 2.24) is 24.8 Å². The fourth-order valence-electron chi connectivity index (χ4n) is 3.66. The number of hydrogen-bond acceptors (Lipinski definition) is 6. The minimum Gasteiger partial charge on any atom is -0.496 e. The summed E-state index contributed by atoms with van der Waals surface area (Å²) in [5.41, 5.74) is 1.69. The maximum Gasteiger partial charge on any atom is 0.328 e. The summed E-state index contributed by atoms with van der Waals surface area (Å²) >= 11 is 6.17. The zero-order chi connectivity index (χ0) is 19.7. The van der Waals surface area contributed by atoms with Crippen LogP contribution in [0.25, 0.3) is 11.2 Å². The number of H-pyrrole nitrogens is 1. The van der Waals surface area contributed by atoms with Crippen molar-refractivity contribution >= 4 is 28.7 Å². The Bertz CT molecular complexity index is 1040. The molecule has 1 fully saturated rings. The number of hydrogen-bond donors (Lipinski definition) is 3. The van der Waals surface area contributed by atoms with Crippen LogP contribution in [0.15, 0.2) is 29.2 Å². The fourth-order valence-corrected chi connectivity index (χ4v) is 3.84. The average molecular weight is 403 g/mol. The van der Waals surface area contributed by atoms with Gasteiger partial charge in [0, 0.05) is 17.1 Å². The van der Waals surface area contributed by atoms with Gasteiger partial charge >= 0.3 is 5.69 Å². The summed E-state index contributed by atoms with van der Waals surface area (Å²) in [4.78, 5) is 24.4. The fraction of sp³-hybridized carbons (Fsp3) is 0.421. The van der Waals surface area contributed by atoms with Crippen LogP contribution < -0.4 is 21.1 Å². The van der Waals surface area contributed by atoms with Crippen LogP contribution in [0.4, 0.5) is 5.95 Å². The molecule has 8 nitrogen and oxygen atoms in total. The van der Waals surface area contributed by atoms with E-state index < -0.39 is 0 Å². The van der Waals surface area contributed by atoms with Gasteiger partial charge in [-0.05, 0) is 50.6 Å². The molecule has 2 atom stereocenters. The second kappa shape index (κ2) is 7.81. The number of ether oxygens (including phenoxy) is 1. The molecule has 0 radical (unpaired) electrons. The third kappa shape index (κ3) is 3.57. The Hall–Kier alpha value is -2.58. The standard InChI is InChI=1S/C19H23ClN6O2/c1-11(14-7-13(20)3-4-16(14)28-2)26-17-15(24-19(26)27)10-23-18(25-17)22-9-12-5-6-21-8-12/h3-4,7,10-12,21H,5-6,8-9H2,1-2H3,(H,24,27)(H,22,23,25)/t11-,12-/m1/s1. The second-order valence-electron chi connectivity index (χ2n) is 7.03. The number of fused-ring (bicyclic) bond motifs is 1. The number of halogens is 1. The summed E-state index contributed by atoms with van der Waals surface area (Å²) in [5.74, 6) is 1.74. The van der Waals surface area contributed by atoms with E-state index in [4.69, 9.17) is 16.3 Å². The number of aromatic amines is 1. The monoisotopic (exact) mass is 402 g/mol. The van der Waals surface area contributed by atoms with Gasteiger partial charge in [0.15, 0.2) is 5.65 Å². The van der Waals surface area contributed by atoms with Gasteiger partial charge in [0.05, 0.1) is 19.3 Å². The SMILES string of the molecule is COc1ccc(Cl)cc1[C@@H](C)n1c(=O)[nH]c2cnc(NC[C@@H]3CCNC3)nc21. The molecule has 3 heterocycles. The van der Waals surface area contributed by atoms with Crippen molar-refractivity contribution in [1.29, 1.82) is 0 Å². The first-order chi connectivity index (χ1) is 13.6. The number of aromatic nitrogens is 4. The molecule has 1 aliphatic heterocycles. The molecule has 28 heavy (non-hydrogen) atoms. The zero-order valence-corrected chi connectivity index (χ0v) is 16.6. The molecule has 148 valence electrons. The Kier molecular flexibility index (Phi) is 5.23. The van der Waals surface area contributed by atoms with Crippen LogP contribution in [0.3, 0.4) is 0 Å². The number of methoxy groups -OCH3 is 1. The zero-order valence-electron chi connectivity index (χ0n) is 15.8. The summed E-state index contributed by atoms with van der Waals surface area (Å²) in [6, 6.07) is 5.04. The Labute approximate surface area is 167 Å². The van der Waals surface area contributed by atoms with Crippen molar-refractivity contribution < 1.29 is 4.74 Å². The predicted molar refractivity (Wildman–Crippen MR) is 109 cm³/mol. The summed E-state index contributed by atoms with van der Waals surface area (Å²) in [6.45, 7) is 4.76. The molecular formula is C19H23ClN6O2. The largest absolute Gasteiger partial charge is 0.496 e. The molecule has 1 aliphatic rings. The quantitative estimate of drug-likeness (QED) is 0.586. The molecular weight excluding hydrogens is 380 g/mol. The Balaban J connectivity index is 1.69. The maximum atomic E-state index is 12.7. The van der Waals surface area contributed by atoms with Gasteiger partial charge in [0.2, 0.25) is 5.95 Å². The molecule has 4 rings (SSSR count). The van der Waals surface area contributed by atoms with Gasteiger partial charge in [-0.25, -0.2) is 9.78 Å². The Morgan fingerprint density at radius 3 is 3.07 bits per heavy atom. The molecule has 0 amide bonds. The van der Waals surface area contributed by atoms with E-state index in [0.29, 0.717) is 33.8 Å². The highest BCUT2D eigenvalue weighted by Crippen LogP contribution is 2.31. The minimum absolute atomic E-state index is 0.254. The average Bonchev–Trinajstić information content (AvgIpc) is 3.32. The third-order valence-electron chi connectivity index (χ3n) is 5.20. The van der Waals surface area contributed by atoms with E-state index in [-0.39, 0.29) is 11.7 Å². The van der Waals surface area contributed by atoms with Gasteiger partial charge in [-0.1, -0.05) is 11.6 Å². The van der Waals surface area contributed by atoms with E-state index in [1.807, 2.05) is 13.0 Å². The molecule has 0 bridgehead atoms. The molecule has 0 spiro atoms. The lowest BCUT2D eigenvalue weighted by Crippen LogP contribution is -2.22. The topological polar surface area (TPSA) is 96.9 Å². The Morgan fingerprint density at radius 2 is 2.32 bits per heavy atom. The highest BCUT2D eigenvalue weighted by atomic mass is 35.5. The summed E-state index contributed by atoms with van der Waals surface area (Å²) in [7, 11) is 1.60. The lowest BCUT2D eigenvalue weighted by Gasteiger charge is -2.17. The molecule has 3 aromatic rings. The first-order valence-corrected chi connectivity index (χ1v) is 9.70. The predicted octanol–water partition coefficient (Wildman–Crippen LogP) is 2.41. The van der Waals surface area contributed by atoms with E-state index in [1.165, 1.54) is 0 Å². The van der Waals surface area contributed by atoms with Gasteiger partial charge in [-0.3, -0.25) is 4.57 Å². The highest BCUT2D eigenvalue weighted by Gasteiger charge is 2.21.